The van der Waals surface area contributed by atoms with Crippen molar-refractivity contribution in [3.8, 4) is 0 Å². The summed E-state index contributed by atoms with van der Waals surface area (Å²) >= 11 is 0. The second-order valence-corrected chi connectivity index (χ2v) is 9.47. The Kier molecular flexibility index (Phi) is 5.81. The molecule has 0 aromatic heterocycles. The van der Waals surface area contributed by atoms with Gasteiger partial charge in [0.2, 0.25) is 0 Å². The third kappa shape index (κ3) is 4.13. The normalized spacial score (nSPS) is 29.5. The molecule has 5 heteroatoms. The molecule has 164 valence electrons. The van der Waals surface area contributed by atoms with Crippen LogP contribution in [-0.2, 0) is 9.53 Å². The number of benzene rings is 2. The van der Waals surface area contributed by atoms with Crippen molar-refractivity contribution in [2.75, 3.05) is 32.7 Å². The van der Waals surface area contributed by atoms with Crippen LogP contribution in [-0.4, -0.2) is 49.7 Å². The highest BCUT2D eigenvalue weighted by atomic mass is 19.1. The van der Waals surface area contributed by atoms with Gasteiger partial charge in [0.15, 0.2) is 6.10 Å². The van der Waals surface area contributed by atoms with Crippen LogP contribution in [0, 0.1) is 11.7 Å². The van der Waals surface area contributed by atoms with E-state index in [0.29, 0.717) is 5.92 Å². The van der Waals surface area contributed by atoms with Gasteiger partial charge >= 0.3 is 5.97 Å². The molecule has 0 amide bonds. The van der Waals surface area contributed by atoms with Crippen molar-refractivity contribution in [2.24, 2.45) is 5.92 Å². The first-order valence-corrected chi connectivity index (χ1v) is 11.8. The van der Waals surface area contributed by atoms with Crippen LogP contribution in [0.15, 0.2) is 54.6 Å². The lowest BCUT2D eigenvalue weighted by Crippen LogP contribution is -2.65. The fourth-order valence-electron chi connectivity index (χ4n) is 5.91. The minimum atomic E-state index is -0.323. The van der Waals surface area contributed by atoms with Gasteiger partial charge in [0.05, 0.1) is 13.1 Å². The fourth-order valence-corrected chi connectivity index (χ4v) is 5.91. The Morgan fingerprint density at radius 1 is 0.968 bits per heavy atom. The number of carbonyl (C=O) groups excluding carboxylic acids is 1. The average molecular weight is 424 g/mol. The van der Waals surface area contributed by atoms with Crippen LogP contribution in [0.4, 0.5) is 10.1 Å². The smallest absolute Gasteiger partial charge is 0.328 e. The van der Waals surface area contributed by atoms with Crippen molar-refractivity contribution in [1.29, 1.82) is 0 Å². The van der Waals surface area contributed by atoms with E-state index in [9.17, 15) is 9.18 Å². The number of piperidine rings is 4. The Morgan fingerprint density at radius 3 is 2.32 bits per heavy atom. The molecule has 2 aromatic rings. The number of nitrogens with zero attached hydrogens (tertiary/aromatic N) is 2. The predicted octanol–water partition coefficient (Wildman–Crippen LogP) is 4.70. The SMILES string of the molecule is O=C(O[C@H]1C[N+]2(c3ccc(F)cc3)CCC1CC2)C(c1ccccc1)N1CCCCC1. The van der Waals surface area contributed by atoms with Gasteiger partial charge < -0.3 is 4.74 Å². The van der Waals surface area contributed by atoms with Crippen molar-refractivity contribution < 1.29 is 13.9 Å². The number of ether oxygens (including phenoxy) is 1. The van der Waals surface area contributed by atoms with E-state index in [1.165, 1.54) is 6.42 Å². The molecule has 2 aromatic carbocycles. The molecule has 4 aliphatic heterocycles. The summed E-state index contributed by atoms with van der Waals surface area (Å²) in [5, 5.41) is 0. The molecule has 0 saturated carbocycles. The molecule has 2 bridgehead atoms. The first kappa shape index (κ1) is 20.7. The molecule has 4 saturated heterocycles. The Hall–Kier alpha value is -2.24. The number of halogens is 1. The third-order valence-electron chi connectivity index (χ3n) is 7.65. The van der Waals surface area contributed by atoms with Crippen molar-refractivity contribution >= 4 is 11.7 Å². The van der Waals surface area contributed by atoms with E-state index in [4.69, 9.17) is 4.74 Å². The molecule has 31 heavy (non-hydrogen) atoms. The lowest BCUT2D eigenvalue weighted by molar-refractivity contribution is -0.165. The molecule has 0 radical (unpaired) electrons. The van der Waals surface area contributed by atoms with Gasteiger partial charge in [0.1, 0.15) is 24.1 Å². The van der Waals surface area contributed by atoms with Crippen LogP contribution in [0.2, 0.25) is 0 Å². The number of hydrogen-bond donors (Lipinski definition) is 0. The maximum absolute atomic E-state index is 13.6. The van der Waals surface area contributed by atoms with E-state index in [1.807, 2.05) is 42.5 Å². The molecule has 6 rings (SSSR count). The zero-order valence-corrected chi connectivity index (χ0v) is 18.1. The van der Waals surface area contributed by atoms with Gasteiger partial charge in [-0.2, -0.15) is 0 Å². The number of esters is 1. The summed E-state index contributed by atoms with van der Waals surface area (Å²) in [6, 6.07) is 16.7. The molecule has 4 nitrogen and oxygen atoms in total. The van der Waals surface area contributed by atoms with Gasteiger partial charge in [0.25, 0.3) is 0 Å². The van der Waals surface area contributed by atoms with E-state index >= 15 is 0 Å². The number of hydrogen-bond acceptors (Lipinski definition) is 3. The summed E-state index contributed by atoms with van der Waals surface area (Å²) in [6.07, 6.45) is 5.52. The Labute approximate surface area is 184 Å². The van der Waals surface area contributed by atoms with Gasteiger partial charge in [-0.3, -0.25) is 9.38 Å². The molecule has 0 spiro atoms. The van der Waals surface area contributed by atoms with Gasteiger partial charge in [-0.25, -0.2) is 9.18 Å². The maximum atomic E-state index is 13.6. The molecule has 4 heterocycles. The first-order valence-electron chi connectivity index (χ1n) is 11.8. The molecule has 4 aliphatic rings. The highest BCUT2D eigenvalue weighted by molar-refractivity contribution is 5.78. The topological polar surface area (TPSA) is 29.5 Å². The van der Waals surface area contributed by atoms with Crippen molar-refractivity contribution in [1.82, 2.24) is 9.38 Å². The van der Waals surface area contributed by atoms with Crippen LogP contribution >= 0.6 is 0 Å². The standard InChI is InChI=1S/C26H32FN2O2/c27-22-9-11-23(12-10-22)29-17-13-20(14-18-29)24(19-29)31-26(30)25(21-7-3-1-4-8-21)28-15-5-2-6-16-28/h1,3-4,7-12,20,24-25H,2,5-6,13-19H2/q+1/t20?,24-,25?,29?/m0/s1. The number of carbonyl (C=O) groups is 1. The highest BCUT2D eigenvalue weighted by Gasteiger charge is 2.49. The molecule has 0 aliphatic carbocycles. The van der Waals surface area contributed by atoms with Crippen LogP contribution in [0.25, 0.3) is 0 Å². The van der Waals surface area contributed by atoms with Crippen LogP contribution in [0.3, 0.4) is 0 Å². The van der Waals surface area contributed by atoms with E-state index in [1.54, 1.807) is 12.1 Å². The minimum Gasteiger partial charge on any atom is -0.455 e. The van der Waals surface area contributed by atoms with E-state index in [2.05, 4.69) is 4.90 Å². The number of likely N-dealkylation sites (tertiary alicyclic amines) is 1. The summed E-state index contributed by atoms with van der Waals surface area (Å²) < 4.78 is 20.6. The number of rotatable bonds is 5. The quantitative estimate of drug-likeness (QED) is 0.516. The number of quaternary nitrogens is 1. The van der Waals surface area contributed by atoms with Crippen LogP contribution in [0.1, 0.15) is 43.7 Å². The van der Waals surface area contributed by atoms with Crippen LogP contribution < -0.4 is 4.48 Å². The summed E-state index contributed by atoms with van der Waals surface area (Å²) in [5.74, 6) is 0.121. The summed E-state index contributed by atoms with van der Waals surface area (Å²) in [7, 11) is 0. The van der Waals surface area contributed by atoms with E-state index in [-0.39, 0.29) is 23.9 Å². The Bertz CT molecular complexity index is 887. The largest absolute Gasteiger partial charge is 0.455 e. The molecule has 1 unspecified atom stereocenters. The average Bonchev–Trinajstić information content (AvgIpc) is 2.82. The van der Waals surface area contributed by atoms with Gasteiger partial charge in [-0.05, 0) is 43.6 Å². The highest BCUT2D eigenvalue weighted by Crippen LogP contribution is 2.40. The van der Waals surface area contributed by atoms with E-state index in [0.717, 1.165) is 74.1 Å². The van der Waals surface area contributed by atoms with Crippen LogP contribution in [0.5, 0.6) is 0 Å². The Balaban J connectivity index is 1.36. The molecule has 2 atom stereocenters. The second-order valence-electron chi connectivity index (χ2n) is 9.47. The number of fused-ring (bicyclic) bond motifs is 3. The van der Waals surface area contributed by atoms with Gasteiger partial charge in [-0.1, -0.05) is 36.8 Å². The van der Waals surface area contributed by atoms with Gasteiger partial charge in [0, 0.05) is 30.9 Å². The Morgan fingerprint density at radius 2 is 1.65 bits per heavy atom. The summed E-state index contributed by atoms with van der Waals surface area (Å²) in [4.78, 5) is 15.9. The first-order chi connectivity index (χ1) is 15.1. The monoisotopic (exact) mass is 423 g/mol. The molecule has 4 fully saturated rings. The zero-order valence-electron chi connectivity index (χ0n) is 18.1. The summed E-state index contributed by atoms with van der Waals surface area (Å²) in [6.45, 7) is 4.76. The molecule has 0 N–H and O–H groups in total. The van der Waals surface area contributed by atoms with E-state index < -0.39 is 0 Å². The molecular weight excluding hydrogens is 391 g/mol. The maximum Gasteiger partial charge on any atom is 0.328 e. The van der Waals surface area contributed by atoms with Crippen molar-refractivity contribution in [2.45, 2.75) is 44.2 Å². The predicted molar refractivity (Wildman–Crippen MR) is 120 cm³/mol. The third-order valence-corrected chi connectivity index (χ3v) is 7.65. The molecular formula is C26H32FN2O2+. The zero-order chi connectivity index (χ0) is 21.3. The van der Waals surface area contributed by atoms with Crippen molar-refractivity contribution in [3.05, 3.63) is 66.0 Å². The lowest BCUT2D eigenvalue weighted by atomic mass is 9.82. The fraction of sp³-hybridized carbons (Fsp3) is 0.500. The van der Waals surface area contributed by atoms with Gasteiger partial charge in [-0.15, -0.1) is 0 Å². The van der Waals surface area contributed by atoms with Crippen molar-refractivity contribution in [3.63, 3.8) is 0 Å². The minimum absolute atomic E-state index is 0.0731. The second kappa shape index (κ2) is 8.71. The summed E-state index contributed by atoms with van der Waals surface area (Å²) in [5.41, 5.74) is 2.16. The lowest BCUT2D eigenvalue weighted by Gasteiger charge is -2.51.